The van der Waals surface area contributed by atoms with Crippen molar-refractivity contribution in [2.24, 2.45) is 5.41 Å². The minimum absolute atomic E-state index is 0.168. The molecular formula is C20H29N3O2. The van der Waals surface area contributed by atoms with E-state index in [1.54, 1.807) is 0 Å². The van der Waals surface area contributed by atoms with Crippen LogP contribution in [0, 0.1) is 5.41 Å². The first kappa shape index (κ1) is 16.7. The molecule has 2 aliphatic heterocycles. The van der Waals surface area contributed by atoms with Crippen LogP contribution in [0.1, 0.15) is 44.9 Å². The Morgan fingerprint density at radius 1 is 1.04 bits per heavy atom. The molecule has 5 heteroatoms. The van der Waals surface area contributed by atoms with Crippen LogP contribution in [0.4, 0.5) is 11.4 Å². The van der Waals surface area contributed by atoms with Crippen molar-refractivity contribution in [2.75, 3.05) is 30.3 Å². The topological polar surface area (TPSA) is 69.8 Å². The summed E-state index contributed by atoms with van der Waals surface area (Å²) >= 11 is 0. The Balaban J connectivity index is 1.48. The van der Waals surface area contributed by atoms with Gasteiger partial charge in [0.2, 0.25) is 5.91 Å². The van der Waals surface area contributed by atoms with Crippen molar-refractivity contribution in [1.29, 1.82) is 0 Å². The lowest BCUT2D eigenvalue weighted by Gasteiger charge is -2.41. The lowest BCUT2D eigenvalue weighted by molar-refractivity contribution is -0.139. The van der Waals surface area contributed by atoms with Crippen LogP contribution in [0.15, 0.2) is 24.3 Å². The summed E-state index contributed by atoms with van der Waals surface area (Å²) in [4.78, 5) is 17.8. The van der Waals surface area contributed by atoms with E-state index in [4.69, 9.17) is 5.73 Å². The number of hydrogen-bond acceptors (Lipinski definition) is 4. The average molecular weight is 343 g/mol. The van der Waals surface area contributed by atoms with Crippen molar-refractivity contribution in [3.8, 4) is 0 Å². The maximum Gasteiger partial charge on any atom is 0.230 e. The maximum atomic E-state index is 13.3. The highest BCUT2D eigenvalue weighted by Gasteiger charge is 2.50. The van der Waals surface area contributed by atoms with Crippen molar-refractivity contribution in [3.63, 3.8) is 0 Å². The van der Waals surface area contributed by atoms with Gasteiger partial charge in [0.25, 0.3) is 0 Å². The van der Waals surface area contributed by atoms with E-state index < -0.39 is 0 Å². The van der Waals surface area contributed by atoms with Crippen molar-refractivity contribution in [1.82, 2.24) is 4.90 Å². The fourth-order valence-corrected chi connectivity index (χ4v) is 4.98. The SMILES string of the molecule is Nc1ccc(N2CCCC3(CCN(C4CCC(O)CC4)C3=O)C2)cc1. The Kier molecular flexibility index (Phi) is 4.36. The number of benzene rings is 1. The summed E-state index contributed by atoms with van der Waals surface area (Å²) in [5.74, 6) is 0.356. The highest BCUT2D eigenvalue weighted by Crippen LogP contribution is 2.43. The smallest absolute Gasteiger partial charge is 0.230 e. The highest BCUT2D eigenvalue weighted by molar-refractivity contribution is 5.86. The van der Waals surface area contributed by atoms with Gasteiger partial charge >= 0.3 is 0 Å². The summed E-state index contributed by atoms with van der Waals surface area (Å²) in [5, 5.41) is 9.74. The number of nitrogen functional groups attached to an aromatic ring is 1. The second-order valence-electron chi connectivity index (χ2n) is 8.11. The van der Waals surface area contributed by atoms with E-state index in [0.29, 0.717) is 11.9 Å². The fourth-order valence-electron chi connectivity index (χ4n) is 4.98. The molecule has 2 saturated heterocycles. The molecule has 1 aromatic rings. The number of piperidine rings is 1. The standard InChI is InChI=1S/C20H29N3O2/c21-15-2-4-16(5-3-15)22-12-1-10-20(14-22)11-13-23(19(20)25)17-6-8-18(24)9-7-17/h2-5,17-18,24H,1,6-14,21H2. The van der Waals surface area contributed by atoms with E-state index in [1.807, 2.05) is 12.1 Å². The van der Waals surface area contributed by atoms with Gasteiger partial charge in [0.05, 0.1) is 11.5 Å². The average Bonchev–Trinajstić information content (AvgIpc) is 2.93. The summed E-state index contributed by atoms with van der Waals surface area (Å²) in [7, 11) is 0. The Hall–Kier alpha value is -1.75. The van der Waals surface area contributed by atoms with E-state index in [-0.39, 0.29) is 11.5 Å². The number of aliphatic hydroxyl groups excluding tert-OH is 1. The van der Waals surface area contributed by atoms with Gasteiger partial charge in [-0.05, 0) is 69.2 Å². The summed E-state index contributed by atoms with van der Waals surface area (Å²) < 4.78 is 0. The molecule has 1 aromatic carbocycles. The number of nitrogens with zero attached hydrogens (tertiary/aromatic N) is 2. The molecule has 1 aliphatic carbocycles. The van der Waals surface area contributed by atoms with Crippen LogP contribution in [-0.4, -0.2) is 47.7 Å². The first-order chi connectivity index (χ1) is 12.1. The number of anilines is 2. The number of amides is 1. The zero-order valence-electron chi connectivity index (χ0n) is 14.9. The fraction of sp³-hybridized carbons (Fsp3) is 0.650. The number of rotatable bonds is 2. The van der Waals surface area contributed by atoms with Gasteiger partial charge in [-0.15, -0.1) is 0 Å². The minimum atomic E-state index is -0.213. The second-order valence-corrected chi connectivity index (χ2v) is 8.11. The maximum absolute atomic E-state index is 13.3. The quantitative estimate of drug-likeness (QED) is 0.809. The molecule has 2 heterocycles. The molecule has 1 atom stereocenters. The first-order valence-corrected chi connectivity index (χ1v) is 9.67. The highest BCUT2D eigenvalue weighted by atomic mass is 16.3. The largest absolute Gasteiger partial charge is 0.399 e. The molecule has 0 aromatic heterocycles. The Bertz CT molecular complexity index is 624. The van der Waals surface area contributed by atoms with Gasteiger partial charge in [-0.1, -0.05) is 0 Å². The van der Waals surface area contributed by atoms with Crippen LogP contribution < -0.4 is 10.6 Å². The normalized spacial score (nSPS) is 33.2. The van der Waals surface area contributed by atoms with Gasteiger partial charge in [-0.25, -0.2) is 0 Å². The van der Waals surface area contributed by atoms with Crippen LogP contribution in [0.2, 0.25) is 0 Å². The Labute approximate surface area is 149 Å². The molecule has 3 aliphatic rings. The van der Waals surface area contributed by atoms with Crippen LogP contribution >= 0.6 is 0 Å². The van der Waals surface area contributed by atoms with Crippen LogP contribution in [0.5, 0.6) is 0 Å². The Morgan fingerprint density at radius 3 is 2.48 bits per heavy atom. The first-order valence-electron chi connectivity index (χ1n) is 9.67. The van der Waals surface area contributed by atoms with Crippen LogP contribution in [0.3, 0.4) is 0 Å². The zero-order chi connectivity index (χ0) is 17.4. The lowest BCUT2D eigenvalue weighted by atomic mass is 9.78. The molecule has 4 rings (SSSR count). The molecule has 1 spiro atoms. The van der Waals surface area contributed by atoms with E-state index in [2.05, 4.69) is 21.9 Å². The van der Waals surface area contributed by atoms with Gasteiger partial charge in [0, 0.05) is 37.1 Å². The Morgan fingerprint density at radius 2 is 1.76 bits per heavy atom. The number of likely N-dealkylation sites (tertiary alicyclic amines) is 1. The minimum Gasteiger partial charge on any atom is -0.399 e. The number of carbonyl (C=O) groups excluding carboxylic acids is 1. The molecule has 136 valence electrons. The van der Waals surface area contributed by atoms with E-state index in [9.17, 15) is 9.90 Å². The number of nitrogens with two attached hydrogens (primary N) is 1. The molecule has 0 radical (unpaired) electrons. The molecule has 1 amide bonds. The molecule has 25 heavy (non-hydrogen) atoms. The molecule has 0 bridgehead atoms. The zero-order valence-corrected chi connectivity index (χ0v) is 14.9. The predicted molar refractivity (Wildman–Crippen MR) is 99.3 cm³/mol. The molecule has 1 saturated carbocycles. The van der Waals surface area contributed by atoms with Crippen molar-refractivity contribution < 1.29 is 9.90 Å². The van der Waals surface area contributed by atoms with Crippen LogP contribution in [0.25, 0.3) is 0 Å². The van der Waals surface area contributed by atoms with Gasteiger partial charge in [0.15, 0.2) is 0 Å². The van der Waals surface area contributed by atoms with E-state index in [1.165, 1.54) is 5.69 Å². The number of hydrogen-bond donors (Lipinski definition) is 2. The van der Waals surface area contributed by atoms with E-state index >= 15 is 0 Å². The molecule has 1 unspecified atom stereocenters. The van der Waals surface area contributed by atoms with Crippen molar-refractivity contribution in [2.45, 2.75) is 57.1 Å². The third-order valence-electron chi connectivity index (χ3n) is 6.49. The second kappa shape index (κ2) is 6.52. The number of carbonyl (C=O) groups is 1. The van der Waals surface area contributed by atoms with Gasteiger partial charge in [0.1, 0.15) is 0 Å². The summed E-state index contributed by atoms with van der Waals surface area (Å²) in [6.07, 6.45) is 6.43. The van der Waals surface area contributed by atoms with Gasteiger partial charge in [-0.3, -0.25) is 4.79 Å². The van der Waals surface area contributed by atoms with Gasteiger partial charge in [-0.2, -0.15) is 0 Å². The van der Waals surface area contributed by atoms with Crippen molar-refractivity contribution >= 4 is 17.3 Å². The summed E-state index contributed by atoms with van der Waals surface area (Å²) in [5.41, 5.74) is 7.54. The predicted octanol–water partition coefficient (Wildman–Crippen LogP) is 2.39. The molecule has 5 nitrogen and oxygen atoms in total. The molecule has 3 N–H and O–H groups in total. The summed E-state index contributed by atoms with van der Waals surface area (Å²) in [6, 6.07) is 8.34. The molecular weight excluding hydrogens is 314 g/mol. The summed E-state index contributed by atoms with van der Waals surface area (Å²) in [6.45, 7) is 2.71. The van der Waals surface area contributed by atoms with E-state index in [0.717, 1.165) is 70.3 Å². The molecule has 3 fully saturated rings. The lowest BCUT2D eigenvalue weighted by Crippen LogP contribution is -2.50. The monoisotopic (exact) mass is 343 g/mol. The van der Waals surface area contributed by atoms with Crippen molar-refractivity contribution in [3.05, 3.63) is 24.3 Å². The third kappa shape index (κ3) is 3.10. The number of aliphatic hydroxyl groups is 1. The van der Waals surface area contributed by atoms with Crippen LogP contribution in [-0.2, 0) is 4.79 Å². The van der Waals surface area contributed by atoms with Gasteiger partial charge < -0.3 is 20.6 Å². The third-order valence-corrected chi connectivity index (χ3v) is 6.49.